The van der Waals surface area contributed by atoms with Crippen LogP contribution in [0.3, 0.4) is 0 Å². The highest BCUT2D eigenvalue weighted by Crippen LogP contribution is 2.15. The van der Waals surface area contributed by atoms with Gasteiger partial charge >= 0.3 is 0 Å². The van der Waals surface area contributed by atoms with Crippen LogP contribution in [0, 0.1) is 6.92 Å². The van der Waals surface area contributed by atoms with Gasteiger partial charge in [-0.2, -0.15) is 0 Å². The fourth-order valence-electron chi connectivity index (χ4n) is 2.11. The zero-order valence-corrected chi connectivity index (χ0v) is 17.3. The summed E-state index contributed by atoms with van der Waals surface area (Å²) in [6.45, 7) is 4.50. The molecule has 0 aliphatic heterocycles. The van der Waals surface area contributed by atoms with E-state index in [0.717, 1.165) is 16.4 Å². The van der Waals surface area contributed by atoms with Gasteiger partial charge in [0, 0.05) is 24.2 Å². The minimum Gasteiger partial charge on any atom is -0.464 e. The van der Waals surface area contributed by atoms with Crippen molar-refractivity contribution in [2.45, 2.75) is 24.8 Å². The van der Waals surface area contributed by atoms with Crippen molar-refractivity contribution in [1.82, 2.24) is 10.6 Å². The van der Waals surface area contributed by atoms with E-state index in [-0.39, 0.29) is 30.0 Å². The molecule has 2 atom stereocenters. The number of rotatable bonds is 6. The monoisotopic (exact) mass is 461 g/mol. The molecule has 132 valence electrons. The SMILES string of the molecule is CN=C(NCCS(=O)c1ccccc1)NC(C)c1ccc(C)o1.I. The molecule has 0 radical (unpaired) electrons. The summed E-state index contributed by atoms with van der Waals surface area (Å²) in [6.07, 6.45) is 0. The van der Waals surface area contributed by atoms with Gasteiger partial charge in [-0.1, -0.05) is 18.2 Å². The van der Waals surface area contributed by atoms with Gasteiger partial charge in [-0.05, 0) is 38.1 Å². The number of halogens is 1. The first kappa shape index (κ1) is 20.7. The molecule has 24 heavy (non-hydrogen) atoms. The maximum Gasteiger partial charge on any atom is 0.191 e. The van der Waals surface area contributed by atoms with Crippen molar-refractivity contribution in [2.24, 2.45) is 4.99 Å². The summed E-state index contributed by atoms with van der Waals surface area (Å²) < 4.78 is 17.8. The lowest BCUT2D eigenvalue weighted by molar-refractivity contribution is 0.441. The molecule has 1 aromatic heterocycles. The quantitative estimate of drug-likeness (QED) is 0.394. The molecule has 1 aromatic carbocycles. The van der Waals surface area contributed by atoms with E-state index in [0.29, 0.717) is 18.3 Å². The molecule has 0 bridgehead atoms. The lowest BCUT2D eigenvalue weighted by atomic mass is 10.2. The standard InChI is InChI=1S/C17H23N3O2S.HI/c1-13-9-10-16(22-13)14(2)20-17(18-3)19-11-12-23(21)15-7-5-4-6-8-15;/h4-10,14H,11-12H2,1-3H3,(H2,18,19,20);1H. The van der Waals surface area contributed by atoms with Crippen molar-refractivity contribution in [3.8, 4) is 0 Å². The van der Waals surface area contributed by atoms with Crippen molar-refractivity contribution >= 4 is 40.7 Å². The van der Waals surface area contributed by atoms with Crippen molar-refractivity contribution in [3.63, 3.8) is 0 Å². The lowest BCUT2D eigenvalue weighted by Gasteiger charge is -2.16. The van der Waals surface area contributed by atoms with Crippen LogP contribution in [0.15, 0.2) is 56.8 Å². The molecule has 0 saturated carbocycles. The number of aryl methyl sites for hydroxylation is 1. The predicted molar refractivity (Wildman–Crippen MR) is 109 cm³/mol. The van der Waals surface area contributed by atoms with Gasteiger partial charge in [0.25, 0.3) is 0 Å². The number of guanidine groups is 1. The Labute approximate surface area is 162 Å². The Morgan fingerprint density at radius 2 is 1.96 bits per heavy atom. The van der Waals surface area contributed by atoms with Gasteiger partial charge in [0.05, 0.1) is 16.8 Å². The summed E-state index contributed by atoms with van der Waals surface area (Å²) >= 11 is 0. The number of aliphatic imine (C=N–C) groups is 1. The fourth-order valence-corrected chi connectivity index (χ4v) is 3.09. The maximum atomic E-state index is 12.2. The van der Waals surface area contributed by atoms with Crippen LogP contribution in [-0.2, 0) is 10.8 Å². The second-order valence-corrected chi connectivity index (χ2v) is 6.75. The summed E-state index contributed by atoms with van der Waals surface area (Å²) in [5, 5.41) is 6.44. The molecule has 0 saturated heterocycles. The van der Waals surface area contributed by atoms with E-state index >= 15 is 0 Å². The second kappa shape index (κ2) is 10.5. The van der Waals surface area contributed by atoms with Crippen LogP contribution in [0.5, 0.6) is 0 Å². The molecule has 2 aromatic rings. The van der Waals surface area contributed by atoms with Gasteiger partial charge in [0.2, 0.25) is 0 Å². The lowest BCUT2D eigenvalue weighted by Crippen LogP contribution is -2.40. The van der Waals surface area contributed by atoms with Crippen LogP contribution < -0.4 is 10.6 Å². The largest absolute Gasteiger partial charge is 0.464 e. The molecule has 0 spiro atoms. The summed E-state index contributed by atoms with van der Waals surface area (Å²) in [5.74, 6) is 2.93. The highest BCUT2D eigenvalue weighted by atomic mass is 127. The van der Waals surface area contributed by atoms with E-state index < -0.39 is 10.8 Å². The van der Waals surface area contributed by atoms with Crippen LogP contribution in [-0.4, -0.2) is 29.5 Å². The van der Waals surface area contributed by atoms with E-state index in [9.17, 15) is 4.21 Å². The highest BCUT2D eigenvalue weighted by Gasteiger charge is 2.11. The third kappa shape index (κ3) is 6.27. The molecule has 0 amide bonds. The summed E-state index contributed by atoms with van der Waals surface area (Å²) in [5.41, 5.74) is 0. The molecule has 0 fully saturated rings. The maximum absolute atomic E-state index is 12.2. The van der Waals surface area contributed by atoms with Gasteiger partial charge in [-0.15, -0.1) is 24.0 Å². The minimum atomic E-state index is -1.01. The van der Waals surface area contributed by atoms with Crippen molar-refractivity contribution in [3.05, 3.63) is 54.0 Å². The predicted octanol–water partition coefficient (Wildman–Crippen LogP) is 3.24. The average molecular weight is 461 g/mol. The molecule has 2 unspecified atom stereocenters. The van der Waals surface area contributed by atoms with Crippen molar-refractivity contribution in [2.75, 3.05) is 19.3 Å². The summed E-state index contributed by atoms with van der Waals surface area (Å²) in [4.78, 5) is 5.03. The van der Waals surface area contributed by atoms with Gasteiger partial charge in [-0.3, -0.25) is 9.20 Å². The van der Waals surface area contributed by atoms with Crippen LogP contribution in [0.4, 0.5) is 0 Å². The fraction of sp³-hybridized carbons (Fsp3) is 0.353. The van der Waals surface area contributed by atoms with E-state index in [4.69, 9.17) is 4.42 Å². The molecular weight excluding hydrogens is 437 g/mol. The third-order valence-corrected chi connectivity index (χ3v) is 4.72. The van der Waals surface area contributed by atoms with E-state index in [1.165, 1.54) is 0 Å². The summed E-state index contributed by atoms with van der Waals surface area (Å²) in [6, 6.07) is 13.4. The van der Waals surface area contributed by atoms with Gasteiger partial charge < -0.3 is 15.1 Å². The van der Waals surface area contributed by atoms with Crippen LogP contribution in [0.2, 0.25) is 0 Å². The van der Waals surface area contributed by atoms with E-state index in [1.807, 2.05) is 56.3 Å². The topological polar surface area (TPSA) is 66.6 Å². The molecule has 5 nitrogen and oxygen atoms in total. The minimum absolute atomic E-state index is 0. The Balaban J connectivity index is 0.00000288. The molecule has 2 N–H and O–H groups in total. The molecule has 7 heteroatoms. The van der Waals surface area contributed by atoms with Gasteiger partial charge in [-0.25, -0.2) is 0 Å². The van der Waals surface area contributed by atoms with Crippen LogP contribution >= 0.6 is 24.0 Å². The van der Waals surface area contributed by atoms with Gasteiger partial charge in [0.15, 0.2) is 5.96 Å². The zero-order chi connectivity index (χ0) is 16.7. The molecule has 2 rings (SSSR count). The number of furan rings is 1. The smallest absolute Gasteiger partial charge is 0.191 e. The van der Waals surface area contributed by atoms with Crippen LogP contribution in [0.25, 0.3) is 0 Å². The van der Waals surface area contributed by atoms with Gasteiger partial charge in [0.1, 0.15) is 11.5 Å². The van der Waals surface area contributed by atoms with Crippen LogP contribution in [0.1, 0.15) is 24.5 Å². The average Bonchev–Trinajstić information content (AvgIpc) is 3.01. The second-order valence-electron chi connectivity index (χ2n) is 5.18. The molecule has 0 aliphatic carbocycles. The molecule has 1 heterocycles. The van der Waals surface area contributed by atoms with Crippen molar-refractivity contribution in [1.29, 1.82) is 0 Å². The Morgan fingerprint density at radius 3 is 2.54 bits per heavy atom. The van der Waals surface area contributed by atoms with E-state index in [1.54, 1.807) is 7.05 Å². The first-order chi connectivity index (χ1) is 11.1. The van der Waals surface area contributed by atoms with Crippen molar-refractivity contribution < 1.29 is 8.63 Å². The highest BCUT2D eigenvalue weighted by molar-refractivity contribution is 14.0. The normalized spacial score (nSPS) is 13.7. The summed E-state index contributed by atoms with van der Waals surface area (Å²) in [7, 11) is 0.701. The first-order valence-corrected chi connectivity index (χ1v) is 8.89. The Hall–Kier alpha value is -1.35. The van der Waals surface area contributed by atoms with E-state index in [2.05, 4.69) is 15.6 Å². The number of nitrogens with zero attached hydrogens (tertiary/aromatic N) is 1. The Kier molecular flexibility index (Phi) is 9.05. The Morgan fingerprint density at radius 1 is 1.25 bits per heavy atom. The number of nitrogens with one attached hydrogen (secondary N) is 2. The molecule has 0 aliphatic rings. The molecular formula is C17H24IN3O2S. The number of hydrogen-bond donors (Lipinski definition) is 2. The Bertz CT molecular complexity index is 673. The number of benzene rings is 1. The number of hydrogen-bond acceptors (Lipinski definition) is 3. The third-order valence-electron chi connectivity index (χ3n) is 3.35. The zero-order valence-electron chi connectivity index (χ0n) is 14.1. The first-order valence-electron chi connectivity index (χ1n) is 7.57.